The highest BCUT2D eigenvalue weighted by Crippen LogP contribution is 2.20. The summed E-state index contributed by atoms with van der Waals surface area (Å²) in [6.07, 6.45) is 1.70. The number of hydrogen-bond acceptors (Lipinski definition) is 2. The van der Waals surface area contributed by atoms with Gasteiger partial charge in [0.15, 0.2) is 0 Å². The monoisotopic (exact) mass is 105 g/mol. The molecule has 1 unspecified atom stereocenters. The Balaban J connectivity index is 2.37. The fourth-order valence-electron chi connectivity index (χ4n) is 0.544. The zero-order chi connectivity index (χ0) is 4.41. The van der Waals surface area contributed by atoms with Gasteiger partial charge in [-0.15, -0.1) is 0 Å². The number of rotatable bonds is 0. The van der Waals surface area contributed by atoms with E-state index >= 15 is 0 Å². The fourth-order valence-corrected chi connectivity index (χ4v) is 1.63. The Hall–Kier alpha value is 0.190. The maximum atomic E-state index is 10.4. The third kappa shape index (κ3) is 0.825. The molecule has 0 bridgehead atoms. The normalized spacial score (nSPS) is 34.3. The van der Waals surface area contributed by atoms with Crippen molar-refractivity contribution in [2.45, 2.75) is 0 Å². The third-order valence-corrected chi connectivity index (χ3v) is 2.35. The summed E-state index contributed by atoms with van der Waals surface area (Å²) in [5.41, 5.74) is 0. The molecule has 0 spiro atoms. The van der Waals surface area contributed by atoms with E-state index in [4.69, 9.17) is 0 Å². The zero-order valence-electron chi connectivity index (χ0n) is 3.53. The van der Waals surface area contributed by atoms with E-state index in [2.05, 4.69) is 5.32 Å². The molecule has 2 nitrogen and oxygen atoms in total. The molecule has 36 valence electrons. The summed E-state index contributed by atoms with van der Waals surface area (Å²) in [5.74, 6) is 0. The summed E-state index contributed by atoms with van der Waals surface area (Å²) < 4.78 is 10.4. The van der Waals surface area contributed by atoms with Gasteiger partial charge >= 0.3 is 0 Å². The van der Waals surface area contributed by atoms with Crippen molar-refractivity contribution in [3.05, 3.63) is 0 Å². The van der Waals surface area contributed by atoms with Crippen molar-refractivity contribution in [1.82, 2.24) is 5.32 Å². The molecular weight excluding hydrogens is 97.0 g/mol. The molecule has 0 aromatic carbocycles. The van der Waals surface area contributed by atoms with Crippen molar-refractivity contribution in [3.63, 3.8) is 0 Å². The molecule has 1 fully saturated rings. The summed E-state index contributed by atoms with van der Waals surface area (Å²) >= 11 is 0. The standard InChI is InChI=1S/C3H8NOP/c5-6-2-1-4-3-6/h4,6H,1-3H2. The van der Waals surface area contributed by atoms with Gasteiger partial charge in [0.1, 0.15) is 0 Å². The van der Waals surface area contributed by atoms with E-state index in [9.17, 15) is 4.57 Å². The first-order valence-electron chi connectivity index (χ1n) is 2.12. The molecule has 0 saturated carbocycles. The van der Waals surface area contributed by atoms with Crippen molar-refractivity contribution in [1.29, 1.82) is 0 Å². The lowest BCUT2D eigenvalue weighted by molar-refractivity contribution is 0.591. The van der Waals surface area contributed by atoms with E-state index in [-0.39, 0.29) is 0 Å². The Bertz CT molecular complexity index is 65.2. The van der Waals surface area contributed by atoms with Crippen molar-refractivity contribution in [3.8, 4) is 0 Å². The van der Waals surface area contributed by atoms with Gasteiger partial charge in [-0.25, -0.2) is 0 Å². The van der Waals surface area contributed by atoms with Crippen LogP contribution in [-0.2, 0) is 4.57 Å². The quantitative estimate of drug-likeness (QED) is 0.443. The van der Waals surface area contributed by atoms with Gasteiger partial charge in [-0.2, -0.15) is 0 Å². The maximum absolute atomic E-state index is 10.4. The molecule has 1 heterocycles. The molecule has 0 aromatic rings. The molecule has 1 saturated heterocycles. The van der Waals surface area contributed by atoms with E-state index in [0.717, 1.165) is 19.0 Å². The minimum atomic E-state index is -1.12. The van der Waals surface area contributed by atoms with Gasteiger partial charge in [0.05, 0.1) is 7.80 Å². The Labute approximate surface area is 37.7 Å². The van der Waals surface area contributed by atoms with Crippen LogP contribution in [0.1, 0.15) is 0 Å². The largest absolute Gasteiger partial charge is 0.325 e. The van der Waals surface area contributed by atoms with Crippen molar-refractivity contribution >= 4 is 7.80 Å². The Morgan fingerprint density at radius 3 is 2.67 bits per heavy atom. The van der Waals surface area contributed by atoms with Gasteiger partial charge in [0, 0.05) is 19.0 Å². The van der Waals surface area contributed by atoms with Crippen LogP contribution in [0.25, 0.3) is 0 Å². The Morgan fingerprint density at radius 1 is 1.67 bits per heavy atom. The van der Waals surface area contributed by atoms with Crippen LogP contribution in [0.2, 0.25) is 0 Å². The van der Waals surface area contributed by atoms with Crippen LogP contribution < -0.4 is 5.32 Å². The first kappa shape index (κ1) is 4.35. The first-order chi connectivity index (χ1) is 2.89. The average molecular weight is 105 g/mol. The molecule has 0 aliphatic carbocycles. The molecule has 1 aliphatic heterocycles. The van der Waals surface area contributed by atoms with Gasteiger partial charge in [-0.1, -0.05) is 0 Å². The van der Waals surface area contributed by atoms with Crippen LogP contribution >= 0.6 is 7.80 Å². The smallest absolute Gasteiger partial charge is 0.0905 e. The van der Waals surface area contributed by atoms with Crippen molar-refractivity contribution in [2.75, 3.05) is 19.0 Å². The predicted molar refractivity (Wildman–Crippen MR) is 26.7 cm³/mol. The van der Waals surface area contributed by atoms with E-state index in [1.807, 2.05) is 0 Å². The minimum absolute atomic E-state index is 0.782. The lowest BCUT2D eigenvalue weighted by Gasteiger charge is -1.76. The molecular formula is C3H8NOP. The predicted octanol–water partition coefficient (Wildman–Crippen LogP) is 0.107. The van der Waals surface area contributed by atoms with Crippen LogP contribution in [0.5, 0.6) is 0 Å². The second kappa shape index (κ2) is 1.76. The minimum Gasteiger partial charge on any atom is -0.325 e. The van der Waals surface area contributed by atoms with Crippen LogP contribution in [0, 0.1) is 0 Å². The second-order valence-electron chi connectivity index (χ2n) is 1.47. The number of hydrogen-bond donors (Lipinski definition) is 1. The van der Waals surface area contributed by atoms with E-state index < -0.39 is 7.80 Å². The Kier molecular flexibility index (Phi) is 1.28. The van der Waals surface area contributed by atoms with Crippen LogP contribution in [0.15, 0.2) is 0 Å². The molecule has 0 amide bonds. The van der Waals surface area contributed by atoms with Gasteiger partial charge < -0.3 is 9.88 Å². The van der Waals surface area contributed by atoms with Gasteiger partial charge in [-0.3, -0.25) is 0 Å². The van der Waals surface area contributed by atoms with Gasteiger partial charge in [0.2, 0.25) is 0 Å². The first-order valence-corrected chi connectivity index (χ1v) is 3.94. The second-order valence-corrected chi connectivity index (χ2v) is 3.40. The SMILES string of the molecule is O=[PH]1CCNC1. The highest BCUT2D eigenvalue weighted by atomic mass is 31.1. The maximum Gasteiger partial charge on any atom is 0.0905 e. The molecule has 1 N–H and O–H groups in total. The summed E-state index contributed by atoms with van der Waals surface area (Å²) in [6, 6.07) is 0. The van der Waals surface area contributed by atoms with E-state index in [0.29, 0.717) is 0 Å². The molecule has 3 heteroatoms. The fraction of sp³-hybridized carbons (Fsp3) is 1.00. The number of nitrogens with one attached hydrogen (secondary N) is 1. The van der Waals surface area contributed by atoms with Crippen LogP contribution in [-0.4, -0.2) is 19.0 Å². The molecule has 1 atom stereocenters. The van der Waals surface area contributed by atoms with Crippen molar-refractivity contribution < 1.29 is 4.57 Å². The molecule has 6 heavy (non-hydrogen) atoms. The molecule has 0 aromatic heterocycles. The summed E-state index contributed by atoms with van der Waals surface area (Å²) in [7, 11) is -1.12. The zero-order valence-corrected chi connectivity index (χ0v) is 4.53. The molecule has 1 aliphatic rings. The Morgan fingerprint density at radius 2 is 2.50 bits per heavy atom. The van der Waals surface area contributed by atoms with Crippen molar-refractivity contribution in [2.24, 2.45) is 0 Å². The molecule has 1 rings (SSSR count). The topological polar surface area (TPSA) is 29.1 Å². The van der Waals surface area contributed by atoms with Crippen LogP contribution in [0.4, 0.5) is 0 Å². The van der Waals surface area contributed by atoms with Gasteiger partial charge in [-0.05, 0) is 0 Å². The summed E-state index contributed by atoms with van der Waals surface area (Å²) in [4.78, 5) is 0. The lowest BCUT2D eigenvalue weighted by Crippen LogP contribution is -2.04. The average Bonchev–Trinajstić information content (AvgIpc) is 1.86. The summed E-state index contributed by atoms with van der Waals surface area (Å²) in [6.45, 7) is 0.970. The molecule has 0 radical (unpaired) electrons. The highest BCUT2D eigenvalue weighted by Gasteiger charge is 2.04. The third-order valence-electron chi connectivity index (χ3n) is 0.903. The van der Waals surface area contributed by atoms with Gasteiger partial charge in [0.25, 0.3) is 0 Å². The lowest BCUT2D eigenvalue weighted by atomic mass is 10.8. The highest BCUT2D eigenvalue weighted by molar-refractivity contribution is 7.44. The van der Waals surface area contributed by atoms with E-state index in [1.54, 1.807) is 0 Å². The van der Waals surface area contributed by atoms with Crippen LogP contribution in [0.3, 0.4) is 0 Å². The van der Waals surface area contributed by atoms with E-state index in [1.165, 1.54) is 0 Å². The summed E-state index contributed by atoms with van der Waals surface area (Å²) in [5, 5.41) is 3.00.